The Labute approximate surface area is 153 Å². The lowest BCUT2D eigenvalue weighted by molar-refractivity contribution is -0.148. The van der Waals surface area contributed by atoms with Gasteiger partial charge in [0.25, 0.3) is 0 Å². The van der Waals surface area contributed by atoms with Crippen molar-refractivity contribution >= 4 is 5.91 Å². The molecule has 8 heteroatoms. The monoisotopic (exact) mass is 358 g/mol. The molecule has 0 aliphatic carbocycles. The summed E-state index contributed by atoms with van der Waals surface area (Å²) in [6, 6.07) is -0.130. The molecule has 3 heterocycles. The Bertz CT molecular complexity index is 717. The van der Waals surface area contributed by atoms with Crippen molar-refractivity contribution < 1.29 is 9.53 Å². The predicted molar refractivity (Wildman–Crippen MR) is 96.3 cm³/mol. The van der Waals surface area contributed by atoms with Crippen molar-refractivity contribution in [1.29, 1.82) is 0 Å². The zero-order valence-corrected chi connectivity index (χ0v) is 15.6. The minimum atomic E-state index is -0.130. The Morgan fingerprint density at radius 3 is 2.85 bits per heavy atom. The number of carbonyl (C=O) groups excluding carboxylic acids is 1. The van der Waals surface area contributed by atoms with Crippen molar-refractivity contribution in [1.82, 2.24) is 29.5 Å². The van der Waals surface area contributed by atoms with E-state index in [4.69, 9.17) is 4.74 Å². The third kappa shape index (κ3) is 4.44. The summed E-state index contributed by atoms with van der Waals surface area (Å²) >= 11 is 0. The minimum Gasteiger partial charge on any atom is -0.373 e. The number of nitrogens with zero attached hydrogens (tertiary/aromatic N) is 6. The van der Waals surface area contributed by atoms with Gasteiger partial charge in [-0.1, -0.05) is 0 Å². The molecule has 0 aromatic carbocycles. The number of rotatable bonds is 6. The van der Waals surface area contributed by atoms with E-state index >= 15 is 0 Å². The van der Waals surface area contributed by atoms with Gasteiger partial charge in [0.1, 0.15) is 0 Å². The molecule has 26 heavy (non-hydrogen) atoms. The van der Waals surface area contributed by atoms with Crippen molar-refractivity contribution in [3.8, 4) is 0 Å². The van der Waals surface area contributed by atoms with Crippen LogP contribution in [0.1, 0.15) is 23.7 Å². The maximum atomic E-state index is 13.0. The van der Waals surface area contributed by atoms with Gasteiger partial charge in [-0.3, -0.25) is 19.4 Å². The van der Waals surface area contributed by atoms with Gasteiger partial charge >= 0.3 is 0 Å². The normalized spacial score (nSPS) is 20.5. The molecule has 0 radical (unpaired) electrons. The molecule has 1 saturated heterocycles. The van der Waals surface area contributed by atoms with Gasteiger partial charge in [-0.2, -0.15) is 5.10 Å². The topological polar surface area (TPSA) is 76.4 Å². The van der Waals surface area contributed by atoms with Crippen LogP contribution in [0, 0.1) is 0 Å². The zero-order chi connectivity index (χ0) is 18.5. The third-order valence-corrected chi connectivity index (χ3v) is 4.50. The van der Waals surface area contributed by atoms with Crippen LogP contribution in [0.15, 0.2) is 31.0 Å². The number of morpholine rings is 1. The van der Waals surface area contributed by atoms with Gasteiger partial charge in [0, 0.05) is 56.9 Å². The lowest BCUT2D eigenvalue weighted by Gasteiger charge is -2.42. The van der Waals surface area contributed by atoms with E-state index in [2.05, 4.69) is 20.0 Å². The molecule has 2 aromatic heterocycles. The van der Waals surface area contributed by atoms with Crippen LogP contribution in [0.2, 0.25) is 0 Å². The highest BCUT2D eigenvalue weighted by Gasteiger charge is 2.37. The van der Waals surface area contributed by atoms with Crippen LogP contribution < -0.4 is 0 Å². The van der Waals surface area contributed by atoms with E-state index < -0.39 is 0 Å². The summed E-state index contributed by atoms with van der Waals surface area (Å²) in [6.07, 6.45) is 9.70. The summed E-state index contributed by atoms with van der Waals surface area (Å²) in [6.45, 7) is 1.88. The van der Waals surface area contributed by atoms with Gasteiger partial charge in [0.15, 0.2) is 0 Å². The van der Waals surface area contributed by atoms with Gasteiger partial charge in [0.05, 0.1) is 30.6 Å². The largest absolute Gasteiger partial charge is 0.373 e. The lowest BCUT2D eigenvalue weighted by atomic mass is 9.99. The highest BCUT2D eigenvalue weighted by atomic mass is 16.5. The fraction of sp³-hybridized carbons (Fsp3) is 0.556. The molecule has 1 fully saturated rings. The molecular formula is C18H26N6O2. The maximum absolute atomic E-state index is 13.0. The Hall–Kier alpha value is -2.32. The van der Waals surface area contributed by atoms with Crippen molar-refractivity contribution in [3.63, 3.8) is 0 Å². The van der Waals surface area contributed by atoms with Crippen LogP contribution in [0.4, 0.5) is 0 Å². The van der Waals surface area contributed by atoms with E-state index in [1.165, 1.54) is 0 Å². The van der Waals surface area contributed by atoms with E-state index in [1.807, 2.05) is 38.4 Å². The molecule has 8 nitrogen and oxygen atoms in total. The second kappa shape index (κ2) is 8.37. The molecule has 140 valence electrons. The number of hydrogen-bond acceptors (Lipinski definition) is 6. The molecule has 1 aliphatic rings. The summed E-state index contributed by atoms with van der Waals surface area (Å²) in [5, 5.41) is 4.28. The Balaban J connectivity index is 1.76. The Morgan fingerprint density at radius 1 is 1.35 bits per heavy atom. The molecule has 0 unspecified atom stereocenters. The number of aromatic nitrogens is 4. The van der Waals surface area contributed by atoms with E-state index in [1.54, 1.807) is 23.3 Å². The quantitative estimate of drug-likeness (QED) is 0.756. The lowest BCUT2D eigenvalue weighted by Crippen LogP contribution is -2.51. The highest BCUT2D eigenvalue weighted by Crippen LogP contribution is 2.30. The standard InChI is InChI=1S/C18H26N6O2/c1-22(2)13-16-18(14-10-21-23(3)12-14)24(8-9-26-16)17(25)5-4-15-11-19-6-7-20-15/h6-7,10-12,16,18H,4-5,8-9,13H2,1-3H3/t16-,18-/m0/s1. The third-order valence-electron chi connectivity index (χ3n) is 4.50. The zero-order valence-electron chi connectivity index (χ0n) is 15.6. The van der Waals surface area contributed by atoms with Crippen LogP contribution >= 0.6 is 0 Å². The maximum Gasteiger partial charge on any atom is 0.223 e. The average molecular weight is 358 g/mol. The fourth-order valence-corrected chi connectivity index (χ4v) is 3.35. The van der Waals surface area contributed by atoms with E-state index in [0.29, 0.717) is 26.0 Å². The summed E-state index contributed by atoms with van der Waals surface area (Å²) in [5.74, 6) is 0.108. The second-order valence-corrected chi connectivity index (χ2v) is 6.85. The number of carbonyl (C=O) groups is 1. The average Bonchev–Trinajstić information content (AvgIpc) is 3.06. The van der Waals surface area contributed by atoms with E-state index in [-0.39, 0.29) is 18.1 Å². The molecule has 3 rings (SSSR count). The molecule has 2 atom stereocenters. The molecule has 2 aromatic rings. The number of likely N-dealkylation sites (N-methyl/N-ethyl adjacent to an activating group) is 1. The molecule has 0 N–H and O–H groups in total. The fourth-order valence-electron chi connectivity index (χ4n) is 3.35. The van der Waals surface area contributed by atoms with E-state index in [0.717, 1.165) is 17.8 Å². The van der Waals surface area contributed by atoms with Gasteiger partial charge in [0.2, 0.25) is 5.91 Å². The van der Waals surface area contributed by atoms with Crippen molar-refractivity contribution in [3.05, 3.63) is 42.2 Å². The molecule has 1 aliphatic heterocycles. The van der Waals surface area contributed by atoms with Gasteiger partial charge in [-0.15, -0.1) is 0 Å². The predicted octanol–water partition coefficient (Wildman–Crippen LogP) is 0.673. The number of ether oxygens (including phenoxy) is 1. The smallest absolute Gasteiger partial charge is 0.223 e. The van der Waals surface area contributed by atoms with Gasteiger partial charge in [-0.05, 0) is 20.5 Å². The first kappa shape index (κ1) is 18.5. The first-order valence-corrected chi connectivity index (χ1v) is 8.84. The summed E-state index contributed by atoms with van der Waals surface area (Å²) in [4.78, 5) is 25.3. The number of amides is 1. The van der Waals surface area contributed by atoms with Crippen molar-refractivity contribution in [2.45, 2.75) is 25.0 Å². The van der Waals surface area contributed by atoms with Gasteiger partial charge < -0.3 is 14.5 Å². The Morgan fingerprint density at radius 2 is 2.19 bits per heavy atom. The van der Waals surface area contributed by atoms with Crippen LogP contribution in [0.5, 0.6) is 0 Å². The second-order valence-electron chi connectivity index (χ2n) is 6.85. The summed E-state index contributed by atoms with van der Waals surface area (Å²) in [7, 11) is 5.91. The molecule has 0 bridgehead atoms. The van der Waals surface area contributed by atoms with E-state index in [9.17, 15) is 4.79 Å². The number of hydrogen-bond donors (Lipinski definition) is 0. The first-order valence-electron chi connectivity index (χ1n) is 8.84. The molecule has 0 spiro atoms. The molecular weight excluding hydrogens is 332 g/mol. The minimum absolute atomic E-state index is 0.0802. The summed E-state index contributed by atoms with van der Waals surface area (Å²) < 4.78 is 7.78. The highest BCUT2D eigenvalue weighted by molar-refractivity contribution is 5.77. The number of aryl methyl sites for hydroxylation is 2. The Kier molecular flexibility index (Phi) is 5.95. The van der Waals surface area contributed by atoms with Crippen LogP contribution in [-0.4, -0.2) is 75.4 Å². The molecule has 1 amide bonds. The van der Waals surface area contributed by atoms with Crippen LogP contribution in [0.25, 0.3) is 0 Å². The van der Waals surface area contributed by atoms with Crippen LogP contribution in [0.3, 0.4) is 0 Å². The van der Waals surface area contributed by atoms with Crippen molar-refractivity contribution in [2.75, 3.05) is 33.8 Å². The first-order chi connectivity index (χ1) is 12.5. The van der Waals surface area contributed by atoms with Crippen LogP contribution in [-0.2, 0) is 23.0 Å². The van der Waals surface area contributed by atoms with Gasteiger partial charge in [-0.25, -0.2) is 0 Å². The van der Waals surface area contributed by atoms with Crippen molar-refractivity contribution in [2.24, 2.45) is 7.05 Å². The summed E-state index contributed by atoms with van der Waals surface area (Å²) in [5.41, 5.74) is 1.84. The SMILES string of the molecule is CN(C)C[C@@H]1OCCN(C(=O)CCc2cnccn2)[C@H]1c1cnn(C)c1. The molecule has 0 saturated carbocycles.